The van der Waals surface area contributed by atoms with Crippen LogP contribution in [-0.2, 0) is 4.74 Å². The van der Waals surface area contributed by atoms with Crippen molar-refractivity contribution in [2.75, 3.05) is 32.0 Å². The topological polar surface area (TPSA) is 63.7 Å². The fraction of sp³-hybridized carbons (Fsp3) is 0.500. The first-order valence-electron chi connectivity index (χ1n) is 7.62. The molecule has 5 nitrogen and oxygen atoms in total. The Bertz CT molecular complexity index is 608. The molecule has 118 valence electrons. The maximum absolute atomic E-state index is 6.35. The molecule has 0 aliphatic carbocycles. The quantitative estimate of drug-likeness (QED) is 0.930. The first-order chi connectivity index (χ1) is 10.6. The van der Waals surface area contributed by atoms with Crippen molar-refractivity contribution < 1.29 is 4.74 Å². The van der Waals surface area contributed by atoms with E-state index < -0.39 is 0 Å². The van der Waals surface area contributed by atoms with Gasteiger partial charge in [-0.3, -0.25) is 4.99 Å². The zero-order valence-corrected chi connectivity index (χ0v) is 13.5. The summed E-state index contributed by atoms with van der Waals surface area (Å²) in [5.41, 5.74) is 8.78. The Morgan fingerprint density at radius 3 is 2.95 bits per heavy atom. The minimum Gasteiger partial charge on any atom is -0.384 e. The summed E-state index contributed by atoms with van der Waals surface area (Å²) in [6.45, 7) is 5.50. The Labute approximate surface area is 135 Å². The van der Waals surface area contributed by atoms with E-state index in [1.54, 1.807) is 6.20 Å². The van der Waals surface area contributed by atoms with Crippen LogP contribution < -0.4 is 5.73 Å². The molecule has 1 fully saturated rings. The highest BCUT2D eigenvalue weighted by Crippen LogP contribution is 2.33. The second-order valence-electron chi connectivity index (χ2n) is 5.80. The number of nitrogens with two attached hydrogens (primary N) is 1. The van der Waals surface area contributed by atoms with E-state index in [2.05, 4.69) is 14.9 Å². The lowest BCUT2D eigenvalue weighted by molar-refractivity contribution is 0.0598. The molecule has 0 bridgehead atoms. The number of hydrogen-bond acceptors (Lipinski definition) is 5. The maximum atomic E-state index is 6.35. The number of pyridine rings is 1. The second-order valence-corrected chi connectivity index (χ2v) is 6.20. The summed E-state index contributed by atoms with van der Waals surface area (Å²) in [5, 5.41) is 0.609. The van der Waals surface area contributed by atoms with Crippen LogP contribution in [0.3, 0.4) is 0 Å². The number of nitrogens with zero attached hydrogens (tertiary/aromatic N) is 3. The Kier molecular flexibility index (Phi) is 4.64. The van der Waals surface area contributed by atoms with E-state index in [0.29, 0.717) is 16.8 Å². The molecule has 0 saturated carbocycles. The average molecular weight is 321 g/mol. The molecular formula is C16H21ClN4O. The lowest BCUT2D eigenvalue weighted by Gasteiger charge is -2.34. The molecule has 1 saturated heterocycles. The highest BCUT2D eigenvalue weighted by Gasteiger charge is 2.24. The SMILES string of the molecule is CC1=C(c2cc(N)ncc2Cl)N(CC2CCOCC2)CC=N1. The summed E-state index contributed by atoms with van der Waals surface area (Å²) in [6.07, 6.45) is 5.77. The van der Waals surface area contributed by atoms with Crippen molar-refractivity contribution in [2.45, 2.75) is 19.8 Å². The summed E-state index contributed by atoms with van der Waals surface area (Å²) >= 11 is 6.35. The van der Waals surface area contributed by atoms with Gasteiger partial charge in [0.1, 0.15) is 5.82 Å². The van der Waals surface area contributed by atoms with Crippen LogP contribution in [-0.4, -0.2) is 42.4 Å². The van der Waals surface area contributed by atoms with Gasteiger partial charge in [0.15, 0.2) is 0 Å². The van der Waals surface area contributed by atoms with Gasteiger partial charge in [-0.2, -0.15) is 0 Å². The number of nitrogen functional groups attached to an aromatic ring is 1. The fourth-order valence-corrected chi connectivity index (χ4v) is 3.26. The van der Waals surface area contributed by atoms with Crippen LogP contribution >= 0.6 is 11.6 Å². The van der Waals surface area contributed by atoms with E-state index in [0.717, 1.165) is 56.1 Å². The van der Waals surface area contributed by atoms with Gasteiger partial charge in [-0.1, -0.05) is 11.6 Å². The largest absolute Gasteiger partial charge is 0.384 e. The normalized spacial score (nSPS) is 19.8. The number of halogens is 1. The fourth-order valence-electron chi connectivity index (χ4n) is 3.07. The van der Waals surface area contributed by atoms with E-state index in [9.17, 15) is 0 Å². The molecule has 0 aromatic carbocycles. The van der Waals surface area contributed by atoms with Crippen molar-refractivity contribution >= 4 is 29.3 Å². The molecular weight excluding hydrogens is 300 g/mol. The van der Waals surface area contributed by atoms with Crippen LogP contribution in [0.1, 0.15) is 25.3 Å². The zero-order chi connectivity index (χ0) is 15.5. The van der Waals surface area contributed by atoms with E-state index in [-0.39, 0.29) is 0 Å². The van der Waals surface area contributed by atoms with Crippen LogP contribution in [0.2, 0.25) is 5.02 Å². The van der Waals surface area contributed by atoms with Crippen molar-refractivity contribution in [2.24, 2.45) is 10.9 Å². The van der Waals surface area contributed by atoms with Crippen molar-refractivity contribution in [3.8, 4) is 0 Å². The van der Waals surface area contributed by atoms with Crippen LogP contribution in [0.4, 0.5) is 5.82 Å². The number of hydrogen-bond donors (Lipinski definition) is 1. The first kappa shape index (κ1) is 15.3. The molecule has 2 aliphatic heterocycles. The molecule has 0 atom stereocenters. The summed E-state index contributed by atoms with van der Waals surface area (Å²) in [6, 6.07) is 1.83. The molecule has 1 aromatic rings. The number of aromatic nitrogens is 1. The molecule has 0 spiro atoms. The molecule has 0 unspecified atom stereocenters. The number of allylic oxidation sites excluding steroid dienone is 1. The summed E-state index contributed by atoms with van der Waals surface area (Å²) in [5.74, 6) is 1.11. The van der Waals surface area contributed by atoms with Gasteiger partial charge in [-0.25, -0.2) is 4.98 Å². The zero-order valence-electron chi connectivity index (χ0n) is 12.8. The van der Waals surface area contributed by atoms with Gasteiger partial charge >= 0.3 is 0 Å². The van der Waals surface area contributed by atoms with Gasteiger partial charge in [0.05, 0.1) is 23.0 Å². The van der Waals surface area contributed by atoms with Crippen molar-refractivity contribution in [3.63, 3.8) is 0 Å². The van der Waals surface area contributed by atoms with E-state index >= 15 is 0 Å². The third kappa shape index (κ3) is 3.25. The second kappa shape index (κ2) is 6.67. The number of aliphatic imine (C=N–C) groups is 1. The predicted molar refractivity (Wildman–Crippen MR) is 89.9 cm³/mol. The highest BCUT2D eigenvalue weighted by molar-refractivity contribution is 6.32. The average Bonchev–Trinajstić information content (AvgIpc) is 2.51. The monoisotopic (exact) mass is 320 g/mol. The van der Waals surface area contributed by atoms with Crippen LogP contribution in [0, 0.1) is 5.92 Å². The van der Waals surface area contributed by atoms with Crippen LogP contribution in [0.15, 0.2) is 23.0 Å². The van der Waals surface area contributed by atoms with Gasteiger partial charge in [-0.15, -0.1) is 0 Å². The van der Waals surface area contributed by atoms with E-state index in [1.807, 2.05) is 19.2 Å². The molecule has 2 aliphatic rings. The number of anilines is 1. The first-order valence-corrected chi connectivity index (χ1v) is 8.00. The van der Waals surface area contributed by atoms with Gasteiger partial charge in [-0.05, 0) is 31.7 Å². The third-order valence-electron chi connectivity index (χ3n) is 4.20. The molecule has 22 heavy (non-hydrogen) atoms. The maximum Gasteiger partial charge on any atom is 0.124 e. The number of ether oxygens (including phenoxy) is 1. The van der Waals surface area contributed by atoms with Crippen molar-refractivity contribution in [1.82, 2.24) is 9.88 Å². The molecule has 2 N–H and O–H groups in total. The summed E-state index contributed by atoms with van der Waals surface area (Å²) in [4.78, 5) is 10.9. The van der Waals surface area contributed by atoms with Gasteiger partial charge in [0, 0.05) is 37.7 Å². The molecule has 3 rings (SSSR count). The molecule has 0 amide bonds. The summed E-state index contributed by atoms with van der Waals surface area (Å²) < 4.78 is 5.45. The highest BCUT2D eigenvalue weighted by atomic mass is 35.5. The molecule has 6 heteroatoms. The van der Waals surface area contributed by atoms with Gasteiger partial charge in [0.2, 0.25) is 0 Å². The molecule has 1 aromatic heterocycles. The third-order valence-corrected chi connectivity index (χ3v) is 4.50. The minimum atomic E-state index is 0.472. The minimum absolute atomic E-state index is 0.472. The Balaban J connectivity index is 1.89. The van der Waals surface area contributed by atoms with Crippen molar-refractivity contribution in [1.29, 1.82) is 0 Å². The lowest BCUT2D eigenvalue weighted by Crippen LogP contribution is -2.34. The molecule has 3 heterocycles. The van der Waals surface area contributed by atoms with Gasteiger partial charge < -0.3 is 15.4 Å². The van der Waals surface area contributed by atoms with Crippen LogP contribution in [0.5, 0.6) is 0 Å². The number of rotatable bonds is 3. The lowest BCUT2D eigenvalue weighted by atomic mass is 9.98. The van der Waals surface area contributed by atoms with E-state index in [4.69, 9.17) is 22.1 Å². The van der Waals surface area contributed by atoms with Crippen LogP contribution in [0.25, 0.3) is 5.70 Å². The standard InChI is InChI=1S/C16H21ClN4O/c1-11-16(13-8-15(18)20-9-14(13)17)21(5-4-19-11)10-12-2-6-22-7-3-12/h4,8-9,12H,2-3,5-7,10H2,1H3,(H2,18,20). The molecule has 0 radical (unpaired) electrons. The van der Waals surface area contributed by atoms with E-state index in [1.165, 1.54) is 0 Å². The predicted octanol–water partition coefficient (Wildman–Crippen LogP) is 2.82. The van der Waals surface area contributed by atoms with Gasteiger partial charge in [0.25, 0.3) is 0 Å². The Morgan fingerprint density at radius 2 is 2.18 bits per heavy atom. The summed E-state index contributed by atoms with van der Waals surface area (Å²) in [7, 11) is 0. The Hall–Kier alpha value is -1.59. The smallest absolute Gasteiger partial charge is 0.124 e. The Morgan fingerprint density at radius 1 is 1.41 bits per heavy atom. The van der Waals surface area contributed by atoms with Crippen molar-refractivity contribution in [3.05, 3.63) is 28.5 Å².